The van der Waals surface area contributed by atoms with Crippen LogP contribution in [0.15, 0.2) is 16.7 Å². The van der Waals surface area contributed by atoms with Gasteiger partial charge in [-0.2, -0.15) is 0 Å². The van der Waals surface area contributed by atoms with Gasteiger partial charge in [-0.3, -0.25) is 9.59 Å². The largest absolute Gasteiger partial charge is 0.481 e. The number of carboxylic acids is 1. The van der Waals surface area contributed by atoms with Crippen molar-refractivity contribution in [1.29, 1.82) is 0 Å². The molecule has 0 bridgehead atoms. The fourth-order valence-electron chi connectivity index (χ4n) is 2.51. The Kier molecular flexibility index (Phi) is 3.93. The molecule has 1 aliphatic carbocycles. The summed E-state index contributed by atoms with van der Waals surface area (Å²) in [6.45, 7) is 2.02. The Labute approximate surface area is 112 Å². The maximum atomic E-state index is 12.2. The van der Waals surface area contributed by atoms with Gasteiger partial charge in [0.1, 0.15) is 5.76 Å². The molecule has 0 saturated heterocycles. The van der Waals surface area contributed by atoms with Crippen molar-refractivity contribution in [2.45, 2.75) is 51.0 Å². The Bertz CT molecular complexity index is 474. The number of nitrogens with one attached hydrogen (secondary N) is 1. The van der Waals surface area contributed by atoms with E-state index in [4.69, 9.17) is 9.52 Å². The Morgan fingerprint density at radius 3 is 2.74 bits per heavy atom. The highest BCUT2D eigenvalue weighted by Crippen LogP contribution is 2.35. The zero-order valence-corrected chi connectivity index (χ0v) is 11.1. The highest BCUT2D eigenvalue weighted by molar-refractivity contribution is 5.96. The van der Waals surface area contributed by atoms with E-state index < -0.39 is 11.5 Å². The second-order valence-corrected chi connectivity index (χ2v) is 5.17. The molecule has 0 atom stereocenters. The molecular formula is C14H19NO4. The summed E-state index contributed by atoms with van der Waals surface area (Å²) in [5.41, 5.74) is -0.0394. The molecule has 104 valence electrons. The number of carbonyl (C=O) groups is 2. The van der Waals surface area contributed by atoms with Crippen molar-refractivity contribution in [2.24, 2.45) is 0 Å². The normalized spacial score (nSPS) is 16.7. The zero-order valence-electron chi connectivity index (χ0n) is 11.1. The second-order valence-electron chi connectivity index (χ2n) is 5.17. The number of carbonyl (C=O) groups excluding carboxylic acids is 1. The van der Waals surface area contributed by atoms with Gasteiger partial charge in [0.15, 0.2) is 0 Å². The van der Waals surface area contributed by atoms with Crippen LogP contribution in [0.4, 0.5) is 0 Å². The van der Waals surface area contributed by atoms with Gasteiger partial charge < -0.3 is 14.8 Å². The van der Waals surface area contributed by atoms with Gasteiger partial charge in [-0.05, 0) is 31.7 Å². The standard InChI is InChI=1S/C14H19NO4/c1-2-4-11-10(5-8-19-11)13(18)15-14(6-3-7-14)9-12(16)17/h5,8H,2-4,6-7,9H2,1H3,(H,15,18)(H,16,17). The van der Waals surface area contributed by atoms with E-state index in [1.807, 2.05) is 6.92 Å². The lowest BCUT2D eigenvalue weighted by atomic mass is 9.74. The van der Waals surface area contributed by atoms with Crippen molar-refractivity contribution in [2.75, 3.05) is 0 Å². The minimum atomic E-state index is -0.874. The highest BCUT2D eigenvalue weighted by atomic mass is 16.4. The van der Waals surface area contributed by atoms with Crippen LogP contribution in [-0.2, 0) is 11.2 Å². The molecule has 0 aromatic carbocycles. The first-order chi connectivity index (χ1) is 9.06. The highest BCUT2D eigenvalue weighted by Gasteiger charge is 2.40. The van der Waals surface area contributed by atoms with Crippen LogP contribution in [0.3, 0.4) is 0 Å². The maximum Gasteiger partial charge on any atom is 0.305 e. The van der Waals surface area contributed by atoms with E-state index in [-0.39, 0.29) is 12.3 Å². The molecule has 1 aromatic heterocycles. The van der Waals surface area contributed by atoms with Crippen molar-refractivity contribution in [3.8, 4) is 0 Å². The van der Waals surface area contributed by atoms with Crippen LogP contribution >= 0.6 is 0 Å². The lowest BCUT2D eigenvalue weighted by Crippen LogP contribution is -2.54. The van der Waals surface area contributed by atoms with Crippen LogP contribution in [0.1, 0.15) is 55.1 Å². The molecule has 1 fully saturated rings. The summed E-state index contributed by atoms with van der Waals surface area (Å²) in [7, 11) is 0. The number of aryl methyl sites for hydroxylation is 1. The van der Waals surface area contributed by atoms with Crippen molar-refractivity contribution in [3.05, 3.63) is 23.7 Å². The lowest BCUT2D eigenvalue weighted by molar-refractivity contribution is -0.139. The van der Waals surface area contributed by atoms with Crippen LogP contribution in [0, 0.1) is 0 Å². The molecule has 0 spiro atoms. The number of aliphatic carboxylic acids is 1. The molecule has 2 N–H and O–H groups in total. The number of carboxylic acid groups (broad SMARTS) is 1. The fourth-order valence-corrected chi connectivity index (χ4v) is 2.51. The van der Waals surface area contributed by atoms with Gasteiger partial charge in [0.05, 0.1) is 23.8 Å². The third-order valence-electron chi connectivity index (χ3n) is 3.65. The van der Waals surface area contributed by atoms with Gasteiger partial charge in [0.2, 0.25) is 0 Å². The van der Waals surface area contributed by atoms with Crippen LogP contribution in [0.5, 0.6) is 0 Å². The molecule has 2 rings (SSSR count). The fraction of sp³-hybridized carbons (Fsp3) is 0.571. The maximum absolute atomic E-state index is 12.2. The summed E-state index contributed by atoms with van der Waals surface area (Å²) in [5, 5.41) is 11.8. The van der Waals surface area contributed by atoms with Crippen molar-refractivity contribution in [3.63, 3.8) is 0 Å². The van der Waals surface area contributed by atoms with Gasteiger partial charge in [-0.1, -0.05) is 6.92 Å². The first kappa shape index (κ1) is 13.6. The summed E-state index contributed by atoms with van der Waals surface area (Å²) >= 11 is 0. The molecule has 1 heterocycles. The molecule has 0 unspecified atom stereocenters. The van der Waals surface area contributed by atoms with E-state index in [1.54, 1.807) is 6.07 Å². The predicted molar refractivity (Wildman–Crippen MR) is 69.0 cm³/mol. The minimum absolute atomic E-state index is 0.0142. The molecule has 0 aliphatic heterocycles. The van der Waals surface area contributed by atoms with Crippen LogP contribution < -0.4 is 5.32 Å². The summed E-state index contributed by atoms with van der Waals surface area (Å²) < 4.78 is 5.30. The second kappa shape index (κ2) is 5.47. The Morgan fingerprint density at radius 1 is 1.47 bits per heavy atom. The van der Waals surface area contributed by atoms with Gasteiger partial charge in [-0.15, -0.1) is 0 Å². The minimum Gasteiger partial charge on any atom is -0.481 e. The molecule has 5 nitrogen and oxygen atoms in total. The average Bonchev–Trinajstić information content (AvgIpc) is 2.74. The Morgan fingerprint density at radius 2 is 2.21 bits per heavy atom. The summed E-state index contributed by atoms with van der Waals surface area (Å²) in [6.07, 6.45) is 5.51. The average molecular weight is 265 g/mol. The van der Waals surface area contributed by atoms with Crippen LogP contribution in [-0.4, -0.2) is 22.5 Å². The summed E-state index contributed by atoms with van der Waals surface area (Å²) in [4.78, 5) is 23.1. The van der Waals surface area contributed by atoms with Gasteiger partial charge >= 0.3 is 5.97 Å². The molecular weight excluding hydrogens is 246 g/mol. The molecule has 1 aromatic rings. The zero-order chi connectivity index (χ0) is 13.9. The van der Waals surface area contributed by atoms with Crippen molar-refractivity contribution >= 4 is 11.9 Å². The first-order valence-electron chi connectivity index (χ1n) is 6.67. The van der Waals surface area contributed by atoms with E-state index in [0.717, 1.165) is 25.7 Å². The molecule has 1 saturated carbocycles. The number of hydrogen-bond acceptors (Lipinski definition) is 3. The molecule has 1 aliphatic rings. The monoisotopic (exact) mass is 265 g/mol. The van der Waals surface area contributed by atoms with E-state index >= 15 is 0 Å². The van der Waals surface area contributed by atoms with Crippen LogP contribution in [0.25, 0.3) is 0 Å². The van der Waals surface area contributed by atoms with E-state index in [0.29, 0.717) is 17.7 Å². The smallest absolute Gasteiger partial charge is 0.305 e. The van der Waals surface area contributed by atoms with E-state index in [1.165, 1.54) is 6.26 Å². The topological polar surface area (TPSA) is 79.5 Å². The SMILES string of the molecule is CCCc1occc1C(=O)NC1(CC(=O)O)CCC1. The predicted octanol–water partition coefficient (Wildman–Crippen LogP) is 2.36. The number of amides is 1. The summed E-state index contributed by atoms with van der Waals surface area (Å²) in [6, 6.07) is 1.65. The molecule has 0 radical (unpaired) electrons. The van der Waals surface area contributed by atoms with Gasteiger partial charge in [0.25, 0.3) is 5.91 Å². The summed E-state index contributed by atoms with van der Waals surface area (Å²) in [5.74, 6) is -0.427. The first-order valence-corrected chi connectivity index (χ1v) is 6.67. The van der Waals surface area contributed by atoms with Crippen LogP contribution in [0.2, 0.25) is 0 Å². The van der Waals surface area contributed by atoms with E-state index in [2.05, 4.69) is 5.32 Å². The Balaban J connectivity index is 2.07. The molecule has 19 heavy (non-hydrogen) atoms. The number of hydrogen-bond donors (Lipinski definition) is 2. The Hall–Kier alpha value is -1.78. The van der Waals surface area contributed by atoms with E-state index in [9.17, 15) is 9.59 Å². The lowest BCUT2D eigenvalue weighted by Gasteiger charge is -2.41. The quantitative estimate of drug-likeness (QED) is 0.827. The molecule has 1 amide bonds. The molecule has 5 heteroatoms. The van der Waals surface area contributed by atoms with Gasteiger partial charge in [-0.25, -0.2) is 0 Å². The number of furan rings is 1. The van der Waals surface area contributed by atoms with Gasteiger partial charge in [0, 0.05) is 6.42 Å². The third-order valence-corrected chi connectivity index (χ3v) is 3.65. The van der Waals surface area contributed by atoms with Crippen molar-refractivity contribution in [1.82, 2.24) is 5.32 Å². The number of rotatable bonds is 6. The third kappa shape index (κ3) is 2.97. The van der Waals surface area contributed by atoms with Crippen molar-refractivity contribution < 1.29 is 19.1 Å².